The second kappa shape index (κ2) is 2.94. The van der Waals surface area contributed by atoms with Crippen LogP contribution in [0.3, 0.4) is 0 Å². The first-order chi connectivity index (χ1) is 6.25. The van der Waals surface area contributed by atoms with Crippen LogP contribution in [0.4, 0.5) is 0 Å². The fourth-order valence-electron chi connectivity index (χ4n) is 1.16. The first-order valence-corrected chi connectivity index (χ1v) is 4.07. The molecule has 0 radical (unpaired) electrons. The van der Waals surface area contributed by atoms with Gasteiger partial charge in [0, 0.05) is 6.20 Å². The molecule has 0 bridgehead atoms. The fraction of sp³-hybridized carbons (Fsp3) is 0.100. The highest BCUT2D eigenvalue weighted by Gasteiger charge is 1.96. The van der Waals surface area contributed by atoms with Gasteiger partial charge in [-0.25, -0.2) is 4.68 Å². The molecule has 0 amide bonds. The largest absolute Gasteiger partial charge is 0.508 e. The highest BCUT2D eigenvalue weighted by atomic mass is 16.3. The highest BCUT2D eigenvalue weighted by molar-refractivity contribution is 5.36. The minimum atomic E-state index is 0.271. The van der Waals surface area contributed by atoms with E-state index in [1.807, 2.05) is 31.3 Å². The van der Waals surface area contributed by atoms with Gasteiger partial charge in [-0.2, -0.15) is 5.10 Å². The van der Waals surface area contributed by atoms with Gasteiger partial charge in [-0.05, 0) is 37.3 Å². The highest BCUT2D eigenvalue weighted by Crippen LogP contribution is 2.12. The Labute approximate surface area is 76.3 Å². The van der Waals surface area contributed by atoms with Crippen LogP contribution >= 0.6 is 0 Å². The Morgan fingerprint density at radius 3 is 2.38 bits per heavy atom. The maximum atomic E-state index is 9.08. The van der Waals surface area contributed by atoms with Crippen LogP contribution in [0.5, 0.6) is 5.75 Å². The molecule has 1 aromatic heterocycles. The number of phenolic OH excluding ortho intramolecular Hbond substituents is 1. The minimum Gasteiger partial charge on any atom is -0.508 e. The summed E-state index contributed by atoms with van der Waals surface area (Å²) in [6, 6.07) is 8.87. The topological polar surface area (TPSA) is 38.0 Å². The summed E-state index contributed by atoms with van der Waals surface area (Å²) in [4.78, 5) is 0. The fourth-order valence-corrected chi connectivity index (χ4v) is 1.16. The van der Waals surface area contributed by atoms with Gasteiger partial charge in [0.15, 0.2) is 0 Å². The monoisotopic (exact) mass is 174 g/mol. The summed E-state index contributed by atoms with van der Waals surface area (Å²) < 4.78 is 1.77. The van der Waals surface area contributed by atoms with Crippen LogP contribution in [0.15, 0.2) is 36.5 Å². The first-order valence-electron chi connectivity index (χ1n) is 4.07. The summed E-state index contributed by atoms with van der Waals surface area (Å²) in [5, 5.41) is 13.3. The lowest BCUT2D eigenvalue weighted by molar-refractivity contribution is 0.475. The molecule has 0 atom stereocenters. The van der Waals surface area contributed by atoms with E-state index >= 15 is 0 Å². The van der Waals surface area contributed by atoms with Crippen molar-refractivity contribution in [2.45, 2.75) is 6.92 Å². The van der Waals surface area contributed by atoms with Crippen LogP contribution in [0.2, 0.25) is 0 Å². The Hall–Kier alpha value is -1.77. The van der Waals surface area contributed by atoms with E-state index in [1.165, 1.54) is 0 Å². The van der Waals surface area contributed by atoms with Gasteiger partial charge in [0.1, 0.15) is 5.75 Å². The molecule has 0 aliphatic carbocycles. The maximum Gasteiger partial charge on any atom is 0.115 e. The van der Waals surface area contributed by atoms with E-state index in [4.69, 9.17) is 5.11 Å². The maximum absolute atomic E-state index is 9.08. The molecular formula is C10H10N2O. The van der Waals surface area contributed by atoms with Crippen molar-refractivity contribution in [1.29, 1.82) is 0 Å². The van der Waals surface area contributed by atoms with E-state index in [-0.39, 0.29) is 5.75 Å². The van der Waals surface area contributed by atoms with E-state index in [0.717, 1.165) is 11.4 Å². The average molecular weight is 174 g/mol. The summed E-state index contributed by atoms with van der Waals surface area (Å²) >= 11 is 0. The summed E-state index contributed by atoms with van der Waals surface area (Å²) in [7, 11) is 0. The predicted octanol–water partition coefficient (Wildman–Crippen LogP) is 1.89. The second-order valence-electron chi connectivity index (χ2n) is 2.92. The lowest BCUT2D eigenvalue weighted by atomic mass is 10.3. The summed E-state index contributed by atoms with van der Waals surface area (Å²) in [6.45, 7) is 1.94. The van der Waals surface area contributed by atoms with Gasteiger partial charge < -0.3 is 5.11 Å². The molecule has 0 aliphatic rings. The molecule has 0 fully saturated rings. The zero-order valence-corrected chi connectivity index (χ0v) is 7.31. The van der Waals surface area contributed by atoms with Crippen molar-refractivity contribution in [2.24, 2.45) is 0 Å². The Morgan fingerprint density at radius 1 is 1.15 bits per heavy atom. The quantitative estimate of drug-likeness (QED) is 0.716. The number of aromatic hydroxyl groups is 1. The molecule has 1 heterocycles. The molecule has 0 unspecified atom stereocenters. The van der Waals surface area contributed by atoms with Crippen LogP contribution in [-0.2, 0) is 0 Å². The van der Waals surface area contributed by atoms with Gasteiger partial charge in [0.25, 0.3) is 0 Å². The van der Waals surface area contributed by atoms with Crippen LogP contribution in [-0.4, -0.2) is 14.9 Å². The average Bonchev–Trinajstić information content (AvgIpc) is 2.53. The zero-order valence-electron chi connectivity index (χ0n) is 7.31. The predicted molar refractivity (Wildman–Crippen MR) is 50.0 cm³/mol. The third-order valence-corrected chi connectivity index (χ3v) is 1.84. The number of benzene rings is 1. The Kier molecular flexibility index (Phi) is 1.77. The van der Waals surface area contributed by atoms with Crippen LogP contribution < -0.4 is 0 Å². The number of nitrogens with zero attached hydrogens (tertiary/aromatic N) is 2. The first kappa shape index (κ1) is 7.86. The minimum absolute atomic E-state index is 0.271. The summed E-state index contributed by atoms with van der Waals surface area (Å²) in [6.07, 6.45) is 1.89. The standard InChI is InChI=1S/C10H10N2O/c1-8-6-7-12(11-8)9-2-4-10(13)5-3-9/h2-7,13H,1H3. The zero-order chi connectivity index (χ0) is 9.26. The normalized spacial score (nSPS) is 10.2. The van der Waals surface area contributed by atoms with Crippen molar-refractivity contribution >= 4 is 0 Å². The molecule has 0 saturated carbocycles. The van der Waals surface area contributed by atoms with E-state index in [1.54, 1.807) is 16.8 Å². The molecule has 2 aromatic rings. The van der Waals surface area contributed by atoms with Gasteiger partial charge >= 0.3 is 0 Å². The van der Waals surface area contributed by atoms with Gasteiger partial charge in [-0.3, -0.25) is 0 Å². The number of rotatable bonds is 1. The van der Waals surface area contributed by atoms with Gasteiger partial charge in [0.05, 0.1) is 11.4 Å². The van der Waals surface area contributed by atoms with E-state index in [2.05, 4.69) is 5.10 Å². The van der Waals surface area contributed by atoms with Crippen LogP contribution in [0.1, 0.15) is 5.69 Å². The number of hydrogen-bond acceptors (Lipinski definition) is 2. The molecule has 0 saturated heterocycles. The van der Waals surface area contributed by atoms with Crippen molar-refractivity contribution in [3.8, 4) is 11.4 Å². The van der Waals surface area contributed by atoms with Crippen molar-refractivity contribution in [3.05, 3.63) is 42.2 Å². The lowest BCUT2D eigenvalue weighted by Gasteiger charge is -2.00. The number of hydrogen-bond donors (Lipinski definition) is 1. The molecule has 1 N–H and O–H groups in total. The van der Waals surface area contributed by atoms with Gasteiger partial charge in [-0.15, -0.1) is 0 Å². The molecule has 13 heavy (non-hydrogen) atoms. The number of phenols is 1. The van der Waals surface area contributed by atoms with Crippen molar-refractivity contribution in [2.75, 3.05) is 0 Å². The number of aryl methyl sites for hydroxylation is 1. The SMILES string of the molecule is Cc1ccn(-c2ccc(O)cc2)n1. The third-order valence-electron chi connectivity index (χ3n) is 1.84. The van der Waals surface area contributed by atoms with E-state index < -0.39 is 0 Å². The summed E-state index contributed by atoms with van der Waals surface area (Å²) in [5.74, 6) is 0.271. The molecule has 3 nitrogen and oxygen atoms in total. The molecule has 0 aliphatic heterocycles. The molecular weight excluding hydrogens is 164 g/mol. The Bertz CT molecular complexity index is 403. The molecule has 3 heteroatoms. The smallest absolute Gasteiger partial charge is 0.115 e. The van der Waals surface area contributed by atoms with Crippen LogP contribution in [0, 0.1) is 6.92 Å². The van der Waals surface area contributed by atoms with Gasteiger partial charge in [-0.1, -0.05) is 0 Å². The molecule has 2 rings (SSSR count). The summed E-state index contributed by atoms with van der Waals surface area (Å²) in [5.41, 5.74) is 1.93. The van der Waals surface area contributed by atoms with Crippen LogP contribution in [0.25, 0.3) is 5.69 Å². The van der Waals surface area contributed by atoms with E-state index in [9.17, 15) is 0 Å². The van der Waals surface area contributed by atoms with Crippen molar-refractivity contribution in [3.63, 3.8) is 0 Å². The lowest BCUT2D eigenvalue weighted by Crippen LogP contribution is -1.93. The second-order valence-corrected chi connectivity index (χ2v) is 2.92. The van der Waals surface area contributed by atoms with Crippen molar-refractivity contribution in [1.82, 2.24) is 9.78 Å². The Morgan fingerprint density at radius 2 is 1.85 bits per heavy atom. The van der Waals surface area contributed by atoms with Crippen molar-refractivity contribution < 1.29 is 5.11 Å². The number of aromatic nitrogens is 2. The molecule has 1 aromatic carbocycles. The van der Waals surface area contributed by atoms with Gasteiger partial charge in [0.2, 0.25) is 0 Å². The third kappa shape index (κ3) is 1.54. The molecule has 66 valence electrons. The van der Waals surface area contributed by atoms with E-state index in [0.29, 0.717) is 0 Å². The molecule has 0 spiro atoms. The Balaban J connectivity index is 2.41.